The zero-order valence-electron chi connectivity index (χ0n) is 34.2. The Morgan fingerprint density at radius 1 is 1.02 bits per heavy atom. The van der Waals surface area contributed by atoms with Crippen molar-refractivity contribution < 1.29 is 29.3 Å². The summed E-state index contributed by atoms with van der Waals surface area (Å²) in [6.45, 7) is 11.8. The van der Waals surface area contributed by atoms with E-state index in [0.29, 0.717) is 43.7 Å². The molecule has 0 amide bonds. The molecule has 1 saturated carbocycles. The number of nitrogens with one attached hydrogen (secondary N) is 1. The molecule has 1 spiro atoms. The number of piperidine rings is 1. The second kappa shape index (κ2) is 12.9. The first-order valence-corrected chi connectivity index (χ1v) is 21.0. The van der Waals surface area contributed by atoms with E-state index in [0.717, 1.165) is 65.9 Å². The summed E-state index contributed by atoms with van der Waals surface area (Å²) in [6.07, 6.45) is 10.0. The number of ketones is 1. The Hall–Kier alpha value is -3.70. The van der Waals surface area contributed by atoms with Gasteiger partial charge in [-0.2, -0.15) is 0 Å². The van der Waals surface area contributed by atoms with Crippen molar-refractivity contribution in [2.75, 3.05) is 58.9 Å². The largest absolute Gasteiger partial charge is 0.496 e. The molecule has 1 radical (unpaired) electrons. The molecule has 9 rings (SSSR count). The van der Waals surface area contributed by atoms with Gasteiger partial charge in [-0.1, -0.05) is 58.0 Å². The van der Waals surface area contributed by atoms with Crippen molar-refractivity contribution in [1.29, 1.82) is 0 Å². The fraction of sp³-hybridized carbons (Fsp3) is 0.587. The predicted octanol–water partition coefficient (Wildman–Crippen LogP) is 5.32. The van der Waals surface area contributed by atoms with Crippen molar-refractivity contribution >= 4 is 28.3 Å². The summed E-state index contributed by atoms with van der Waals surface area (Å²) in [6, 6.07) is 12.0. The van der Waals surface area contributed by atoms with Crippen molar-refractivity contribution in [3.63, 3.8) is 0 Å². The third-order valence-corrected chi connectivity index (χ3v) is 15.9. The highest BCUT2D eigenvalue weighted by Gasteiger charge is 2.77. The van der Waals surface area contributed by atoms with E-state index in [1.54, 1.807) is 7.11 Å². The van der Waals surface area contributed by atoms with Crippen LogP contribution in [0.1, 0.15) is 82.2 Å². The number of anilines is 1. The maximum absolute atomic E-state index is 15.3. The van der Waals surface area contributed by atoms with Gasteiger partial charge in [0.2, 0.25) is 0 Å². The zero-order valence-corrected chi connectivity index (χ0v) is 34.2. The molecule has 2 aromatic carbocycles. The standard InChI is InChI=1S/C46H59N4O6/c1-8-37(51)46(54)28(4)43(10-3)17-13-19-50-21-18-44(39(43)50)32-22-33(36(55-6)23-35(32)48(5)40(44)46)45(41(52)56-7)25-29-24-42(53,9-2)27-49(26-29)20-16-31-30-14-11-12-15-34(30)47-38(31)45/h11-15,17,22-24,28-29,39-40,47,53-54H,8-10,16,18-21,25-27H2,1-7H3/t28-,29?,39?,40?,42+,43+,44?,45+,46+/m1/s1. The molecular formula is C46H59N4O6. The summed E-state index contributed by atoms with van der Waals surface area (Å²) in [5, 5.41) is 26.3. The number of methoxy groups -OCH3 is 2. The molecule has 5 aliphatic heterocycles. The number of carbonyl (C=O) groups is 2. The minimum absolute atomic E-state index is 0.0259. The van der Waals surface area contributed by atoms with E-state index in [1.807, 2.05) is 33.0 Å². The summed E-state index contributed by atoms with van der Waals surface area (Å²) in [7, 11) is 5.16. The highest BCUT2D eigenvalue weighted by Crippen LogP contribution is 2.69. The summed E-state index contributed by atoms with van der Waals surface area (Å²) >= 11 is 0. The zero-order chi connectivity index (χ0) is 39.6. The second-order valence-corrected chi connectivity index (χ2v) is 18.0. The molecule has 2 saturated heterocycles. The number of Topliss-reactive ketones (excluding diaryl/α,β-unsaturated/α-hetero) is 1. The van der Waals surface area contributed by atoms with Gasteiger partial charge in [0, 0.05) is 96.4 Å². The highest BCUT2D eigenvalue weighted by molar-refractivity contribution is 5.95. The number of esters is 1. The van der Waals surface area contributed by atoms with E-state index in [-0.39, 0.29) is 36.1 Å². The van der Waals surface area contributed by atoms with Gasteiger partial charge in [-0.3, -0.25) is 19.4 Å². The first-order chi connectivity index (χ1) is 26.8. The van der Waals surface area contributed by atoms with E-state index < -0.39 is 33.5 Å². The molecule has 1 aliphatic carbocycles. The SMILES string of the molecule is CCC(=O)[C@]1(O)C2N(C)c3cc(OC)c([C@@]4(C(=O)OC)CC5[CH][C@@](O)(CC)CN(CCc6c4[nH]c4ccccc64)C5)cc3C23CCN2CC=C[C@](CC)(C23)[C@H]1C. The number of aromatic amines is 1. The van der Waals surface area contributed by atoms with E-state index in [4.69, 9.17) is 9.47 Å². The average molecular weight is 764 g/mol. The number of hydrogen-bond donors (Lipinski definition) is 3. The van der Waals surface area contributed by atoms with Gasteiger partial charge in [0.15, 0.2) is 5.78 Å². The minimum atomic E-state index is -1.63. The van der Waals surface area contributed by atoms with Gasteiger partial charge in [-0.25, -0.2) is 0 Å². The Bertz CT molecular complexity index is 2130. The number of hydrogen-bond acceptors (Lipinski definition) is 9. The molecule has 10 heteroatoms. The van der Waals surface area contributed by atoms with Gasteiger partial charge >= 0.3 is 5.97 Å². The number of para-hydroxylation sites is 1. The molecule has 2 bridgehead atoms. The summed E-state index contributed by atoms with van der Waals surface area (Å²) in [5.74, 6) is -0.453. The maximum atomic E-state index is 15.3. The lowest BCUT2D eigenvalue weighted by molar-refractivity contribution is -0.176. The number of benzene rings is 2. The second-order valence-electron chi connectivity index (χ2n) is 18.0. The minimum Gasteiger partial charge on any atom is -0.496 e. The Morgan fingerprint density at radius 2 is 1.80 bits per heavy atom. The fourth-order valence-electron chi connectivity index (χ4n) is 13.5. The maximum Gasteiger partial charge on any atom is 0.322 e. The molecule has 6 heterocycles. The number of carbonyl (C=O) groups excluding carboxylic acids is 2. The number of rotatable bonds is 7. The van der Waals surface area contributed by atoms with Crippen molar-refractivity contribution in [2.24, 2.45) is 17.3 Å². The van der Waals surface area contributed by atoms with Crippen LogP contribution in [0.15, 0.2) is 48.6 Å². The molecule has 3 N–H and O–H groups in total. The Kier molecular flexibility index (Phi) is 8.72. The van der Waals surface area contributed by atoms with E-state index in [2.05, 4.69) is 76.4 Å². The highest BCUT2D eigenvalue weighted by atomic mass is 16.5. The molecule has 10 atom stereocenters. The number of aromatic nitrogens is 1. The van der Waals surface area contributed by atoms with Gasteiger partial charge in [0.25, 0.3) is 0 Å². The van der Waals surface area contributed by atoms with Crippen LogP contribution in [0.3, 0.4) is 0 Å². The molecule has 10 nitrogen and oxygen atoms in total. The topological polar surface area (TPSA) is 119 Å². The molecule has 3 aromatic rings. The number of nitrogens with zero attached hydrogens (tertiary/aromatic N) is 3. The van der Waals surface area contributed by atoms with Gasteiger partial charge in [0.05, 0.1) is 25.9 Å². The molecule has 56 heavy (non-hydrogen) atoms. The van der Waals surface area contributed by atoms with Crippen LogP contribution in [0.5, 0.6) is 5.75 Å². The Balaban J connectivity index is 1.36. The third-order valence-electron chi connectivity index (χ3n) is 15.9. The predicted molar refractivity (Wildman–Crippen MR) is 217 cm³/mol. The fourth-order valence-corrected chi connectivity index (χ4v) is 13.5. The lowest BCUT2D eigenvalue weighted by atomic mass is 9.44. The van der Waals surface area contributed by atoms with Crippen LogP contribution in [-0.4, -0.2) is 114 Å². The monoisotopic (exact) mass is 763 g/mol. The lowest BCUT2D eigenvalue weighted by Gasteiger charge is -2.64. The number of ether oxygens (including phenoxy) is 2. The van der Waals surface area contributed by atoms with Crippen molar-refractivity contribution in [3.05, 3.63) is 77.4 Å². The molecule has 299 valence electrons. The smallest absolute Gasteiger partial charge is 0.322 e. The van der Waals surface area contributed by atoms with Crippen LogP contribution in [0.4, 0.5) is 5.69 Å². The summed E-state index contributed by atoms with van der Waals surface area (Å²) < 4.78 is 12.4. The van der Waals surface area contributed by atoms with Crippen LogP contribution in [0, 0.1) is 23.7 Å². The first kappa shape index (κ1) is 37.9. The summed E-state index contributed by atoms with van der Waals surface area (Å²) in [5.41, 5.74) is 0.437. The lowest BCUT2D eigenvalue weighted by Crippen LogP contribution is -2.78. The van der Waals surface area contributed by atoms with Gasteiger partial charge in [-0.05, 0) is 74.2 Å². The quantitative estimate of drug-likeness (QED) is 0.217. The number of H-pyrrole nitrogens is 1. The average Bonchev–Trinajstić information content (AvgIpc) is 3.87. The van der Waals surface area contributed by atoms with E-state index >= 15 is 4.79 Å². The third kappa shape index (κ3) is 4.64. The molecule has 1 aromatic heterocycles. The van der Waals surface area contributed by atoms with Crippen LogP contribution in [0.2, 0.25) is 0 Å². The van der Waals surface area contributed by atoms with Gasteiger partial charge < -0.3 is 29.6 Å². The van der Waals surface area contributed by atoms with Gasteiger partial charge in [-0.15, -0.1) is 0 Å². The van der Waals surface area contributed by atoms with Crippen LogP contribution >= 0.6 is 0 Å². The summed E-state index contributed by atoms with van der Waals surface area (Å²) in [4.78, 5) is 40.6. The van der Waals surface area contributed by atoms with Crippen LogP contribution in [0.25, 0.3) is 10.9 Å². The normalized spacial score (nSPS) is 38.5. The molecule has 3 fully saturated rings. The van der Waals surface area contributed by atoms with Crippen molar-refractivity contribution in [2.45, 2.75) is 100 Å². The van der Waals surface area contributed by atoms with E-state index in [1.165, 1.54) is 7.11 Å². The number of aliphatic hydroxyl groups is 2. The van der Waals surface area contributed by atoms with Crippen molar-refractivity contribution in [1.82, 2.24) is 14.8 Å². The van der Waals surface area contributed by atoms with Gasteiger partial charge in [0.1, 0.15) is 16.8 Å². The number of fused-ring (bicyclic) bond motifs is 6. The molecule has 5 unspecified atom stereocenters. The first-order valence-electron chi connectivity index (χ1n) is 21.0. The Labute approximate surface area is 331 Å². The number of likely N-dealkylation sites (N-methyl/N-ethyl adjacent to an activating group) is 1. The van der Waals surface area contributed by atoms with E-state index in [9.17, 15) is 15.0 Å². The van der Waals surface area contributed by atoms with Crippen LogP contribution < -0.4 is 9.64 Å². The Morgan fingerprint density at radius 3 is 2.52 bits per heavy atom. The van der Waals surface area contributed by atoms with Crippen molar-refractivity contribution in [3.8, 4) is 5.75 Å². The molecule has 6 aliphatic rings. The molecular weight excluding hydrogens is 705 g/mol. The van der Waals surface area contributed by atoms with Crippen LogP contribution in [-0.2, 0) is 31.6 Å².